The van der Waals surface area contributed by atoms with Crippen molar-refractivity contribution >= 4 is 11.9 Å². The lowest BCUT2D eigenvalue weighted by Gasteiger charge is -2.71. The lowest BCUT2D eigenvalue weighted by Crippen LogP contribution is -2.69. The zero-order valence-corrected chi connectivity index (χ0v) is 40.2. The van der Waals surface area contributed by atoms with Crippen LogP contribution in [0.3, 0.4) is 0 Å². The lowest BCUT2D eigenvalue weighted by molar-refractivity contribution is -0.363. The highest BCUT2D eigenvalue weighted by Gasteiger charge is 2.73. The fourth-order valence-electron chi connectivity index (χ4n) is 14.9. The first-order chi connectivity index (χ1) is 32.2. The molecule has 0 aromatic rings. The quantitative estimate of drug-likeness (QED) is 0.0846. The molecule has 0 bridgehead atoms. The summed E-state index contributed by atoms with van der Waals surface area (Å²) in [6.45, 7) is 10.0. The molecule has 5 aliphatic carbocycles. The summed E-state index contributed by atoms with van der Waals surface area (Å²) in [7, 11) is 0. The third-order valence-corrected chi connectivity index (χ3v) is 19.4. The van der Waals surface area contributed by atoms with E-state index in [0.29, 0.717) is 44.9 Å². The molecule has 69 heavy (non-hydrogen) atoms. The number of carboxylic acid groups (broad SMARTS) is 1. The van der Waals surface area contributed by atoms with Crippen LogP contribution in [0.5, 0.6) is 0 Å². The molecule has 21 nitrogen and oxygen atoms in total. The largest absolute Gasteiger partial charge is 0.481 e. The molecular weight excluding hydrogens is 913 g/mol. The highest BCUT2D eigenvalue weighted by atomic mass is 16.8. The molecule has 8 aliphatic rings. The molecule has 0 amide bonds. The minimum atomic E-state index is -2.07. The van der Waals surface area contributed by atoms with Crippen molar-refractivity contribution in [1.82, 2.24) is 0 Å². The molecule has 4 saturated carbocycles. The van der Waals surface area contributed by atoms with Crippen molar-refractivity contribution < 1.29 is 104 Å². The van der Waals surface area contributed by atoms with E-state index in [0.717, 1.165) is 5.57 Å². The van der Waals surface area contributed by atoms with E-state index in [1.807, 2.05) is 0 Å². The standard InChI is InChI=1S/C48H76O21/c1-43(2)13-14-48(21(15-43)20-7-8-25-44(3)11-10-27(51)47(6,41(61)62)26(44)9-12-45(25,4)46(20,5)16-28(48)52)42(63)69-40-36(60)37(68-39-35(59)33(57)30(54)23(18-50)66-39)31(55)24(67-40)19-64-38-34(58)32(56)29(53)22(17-49)65-38/h7,21-40,49-60H,8-19H2,1-6H3,(H,61,62)/t21-,22-,23-,24+,25+,26+,27-,28+,29-,30-,31+,32+,33+,34-,35-,36+,37-,38-,39+,40-,44+,45+,46+,47-,48+/m0/s1. The van der Waals surface area contributed by atoms with Crippen molar-refractivity contribution in [3.63, 3.8) is 0 Å². The van der Waals surface area contributed by atoms with Crippen LogP contribution < -0.4 is 0 Å². The number of esters is 1. The van der Waals surface area contributed by atoms with Gasteiger partial charge in [0.15, 0.2) is 12.6 Å². The second-order valence-electron chi connectivity index (χ2n) is 23.4. The van der Waals surface area contributed by atoms with Crippen LogP contribution in [0.25, 0.3) is 0 Å². The van der Waals surface area contributed by atoms with Crippen molar-refractivity contribution in [3.05, 3.63) is 11.6 Å². The Bertz CT molecular complexity index is 1930. The highest BCUT2D eigenvalue weighted by Crippen LogP contribution is 2.76. The molecule has 25 atom stereocenters. The van der Waals surface area contributed by atoms with Crippen LogP contribution in [0, 0.1) is 50.2 Å². The van der Waals surface area contributed by atoms with E-state index in [1.165, 1.54) is 0 Å². The molecule has 7 fully saturated rings. The van der Waals surface area contributed by atoms with Gasteiger partial charge in [-0.2, -0.15) is 0 Å². The van der Waals surface area contributed by atoms with Crippen molar-refractivity contribution in [1.29, 1.82) is 0 Å². The Hall–Kier alpha value is -2.00. The van der Waals surface area contributed by atoms with Gasteiger partial charge in [0, 0.05) is 0 Å². The van der Waals surface area contributed by atoms with E-state index >= 15 is 4.79 Å². The number of aliphatic carboxylic acids is 1. The second-order valence-corrected chi connectivity index (χ2v) is 23.4. The van der Waals surface area contributed by atoms with E-state index in [4.69, 9.17) is 28.4 Å². The lowest BCUT2D eigenvalue weighted by atomic mass is 9.33. The summed E-state index contributed by atoms with van der Waals surface area (Å²) in [5.74, 6) is -2.84. The summed E-state index contributed by atoms with van der Waals surface area (Å²) in [4.78, 5) is 28.2. The topological polar surface area (TPSA) is 353 Å². The minimum Gasteiger partial charge on any atom is -0.481 e. The number of aliphatic hydroxyl groups excluding tert-OH is 12. The van der Waals surface area contributed by atoms with Crippen molar-refractivity contribution in [3.8, 4) is 0 Å². The Balaban J connectivity index is 1.11. The summed E-state index contributed by atoms with van der Waals surface area (Å²) in [6.07, 6.45) is -23.1. The van der Waals surface area contributed by atoms with Crippen LogP contribution in [0.2, 0.25) is 0 Å². The molecule has 13 N–H and O–H groups in total. The molecule has 0 aromatic carbocycles. The number of allylic oxidation sites excluding steroid dienone is 2. The van der Waals surface area contributed by atoms with E-state index < -0.39 is 169 Å². The Morgan fingerprint density at radius 3 is 1.84 bits per heavy atom. The van der Waals surface area contributed by atoms with Crippen LogP contribution in [-0.2, 0) is 38.0 Å². The number of hydrogen-bond donors (Lipinski definition) is 13. The van der Waals surface area contributed by atoms with Crippen molar-refractivity contribution in [2.24, 2.45) is 50.2 Å². The maximum Gasteiger partial charge on any atom is 0.317 e. The van der Waals surface area contributed by atoms with Crippen LogP contribution in [0.1, 0.15) is 99.3 Å². The normalized spacial score (nSPS) is 53.9. The van der Waals surface area contributed by atoms with E-state index in [1.54, 1.807) is 6.92 Å². The second kappa shape index (κ2) is 18.7. The van der Waals surface area contributed by atoms with Gasteiger partial charge < -0.3 is 94.8 Å². The number of carbonyl (C=O) groups is 2. The highest BCUT2D eigenvalue weighted by molar-refractivity contribution is 5.80. The summed E-state index contributed by atoms with van der Waals surface area (Å²) < 4.78 is 34.8. The number of aliphatic hydroxyl groups is 12. The Kier molecular flexibility index (Phi) is 14.5. The molecule has 3 heterocycles. The molecule has 3 saturated heterocycles. The summed E-state index contributed by atoms with van der Waals surface area (Å²) >= 11 is 0. The molecule has 0 radical (unpaired) electrons. The van der Waals surface area contributed by atoms with Gasteiger partial charge in [0.05, 0.1) is 37.4 Å². The van der Waals surface area contributed by atoms with Crippen molar-refractivity contribution in [2.45, 2.75) is 204 Å². The third kappa shape index (κ3) is 8.16. The van der Waals surface area contributed by atoms with Gasteiger partial charge in [0.2, 0.25) is 6.29 Å². The van der Waals surface area contributed by atoms with Gasteiger partial charge in [-0.3, -0.25) is 9.59 Å². The molecule has 0 spiro atoms. The van der Waals surface area contributed by atoms with Crippen LogP contribution in [0.4, 0.5) is 0 Å². The van der Waals surface area contributed by atoms with E-state index in [2.05, 4.69) is 40.7 Å². The number of rotatable bonds is 10. The first-order valence-electron chi connectivity index (χ1n) is 24.6. The van der Waals surface area contributed by atoms with Gasteiger partial charge in [-0.15, -0.1) is 0 Å². The molecule has 0 aromatic heterocycles. The molecule has 21 heteroatoms. The third-order valence-electron chi connectivity index (χ3n) is 19.4. The molecular formula is C48H76O21. The minimum absolute atomic E-state index is 0.0214. The van der Waals surface area contributed by atoms with Gasteiger partial charge in [-0.05, 0) is 104 Å². The SMILES string of the molecule is CC1(C)CC[C@]2(C(=O)O[C@@H]3O[C@H](CO[C@H]4O[C@@H](CO)[C@H](O)[C@@H](O)[C@@H]4O)[C@@H](O)[C@H](O[C@H]4O[C@@H](CO)[C@H](O)[C@@H](O)[C@@H]4O)[C@H]3O)[C@H](O)C[C@]3(C)C(=CC[C@@H]4[C@@]5(C)CC[C@H](O)[C@@](C)(C(=O)O)[C@@H]5CC[C@]43C)[C@@H]2C1. The average molecular weight is 989 g/mol. The van der Waals surface area contributed by atoms with Gasteiger partial charge in [-0.25, -0.2) is 0 Å². The average Bonchev–Trinajstić information content (AvgIpc) is 3.29. The molecule has 3 aliphatic heterocycles. The van der Waals surface area contributed by atoms with Gasteiger partial charge in [0.25, 0.3) is 0 Å². The van der Waals surface area contributed by atoms with Crippen LogP contribution >= 0.6 is 0 Å². The monoisotopic (exact) mass is 988 g/mol. The van der Waals surface area contributed by atoms with Gasteiger partial charge in [0.1, 0.15) is 78.7 Å². The first kappa shape index (κ1) is 53.3. The van der Waals surface area contributed by atoms with Crippen LogP contribution in [0.15, 0.2) is 11.6 Å². The van der Waals surface area contributed by atoms with E-state index in [9.17, 15) is 71.2 Å². The number of hydrogen-bond acceptors (Lipinski definition) is 20. The van der Waals surface area contributed by atoms with Crippen molar-refractivity contribution in [2.75, 3.05) is 19.8 Å². The summed E-state index contributed by atoms with van der Waals surface area (Å²) in [6, 6.07) is 0. The first-order valence-corrected chi connectivity index (χ1v) is 24.6. The maximum absolute atomic E-state index is 15.3. The smallest absolute Gasteiger partial charge is 0.317 e. The summed E-state index contributed by atoms with van der Waals surface area (Å²) in [5, 5.41) is 141. The number of carboxylic acids is 1. The molecule has 0 unspecified atom stereocenters. The number of fused-ring (bicyclic) bond motifs is 7. The molecule has 8 rings (SSSR count). The van der Waals surface area contributed by atoms with Gasteiger partial charge >= 0.3 is 11.9 Å². The predicted molar refractivity (Wildman–Crippen MR) is 234 cm³/mol. The number of ether oxygens (including phenoxy) is 6. The molecule has 394 valence electrons. The Morgan fingerprint density at radius 1 is 0.638 bits per heavy atom. The fourth-order valence-corrected chi connectivity index (χ4v) is 14.9. The zero-order chi connectivity index (χ0) is 50.7. The predicted octanol–water partition coefficient (Wildman–Crippen LogP) is -1.82. The number of carbonyl (C=O) groups excluding carboxylic acids is 1. The maximum atomic E-state index is 15.3. The Labute approximate surface area is 400 Å². The Morgan fingerprint density at radius 2 is 1.23 bits per heavy atom. The zero-order valence-electron chi connectivity index (χ0n) is 40.2. The van der Waals surface area contributed by atoms with Gasteiger partial charge in [-0.1, -0.05) is 46.3 Å². The summed E-state index contributed by atoms with van der Waals surface area (Å²) in [5.41, 5.74) is -3.86. The van der Waals surface area contributed by atoms with E-state index in [-0.39, 0.29) is 30.1 Å². The fraction of sp³-hybridized carbons (Fsp3) is 0.917. The van der Waals surface area contributed by atoms with Crippen LogP contribution in [-0.4, -0.2) is 202 Å².